The smallest absolute Gasteiger partial charge is 0.226 e. The van der Waals surface area contributed by atoms with E-state index in [1.54, 1.807) is 18.4 Å². The van der Waals surface area contributed by atoms with Crippen molar-refractivity contribution < 1.29 is 9.53 Å². The summed E-state index contributed by atoms with van der Waals surface area (Å²) in [5, 5.41) is 10.3. The number of rotatable bonds is 3. The van der Waals surface area contributed by atoms with E-state index in [-0.39, 0.29) is 11.8 Å². The van der Waals surface area contributed by atoms with Crippen LogP contribution < -0.4 is 10.1 Å². The van der Waals surface area contributed by atoms with Gasteiger partial charge in [-0.25, -0.2) is 4.68 Å². The van der Waals surface area contributed by atoms with E-state index >= 15 is 0 Å². The molecule has 7 heteroatoms. The van der Waals surface area contributed by atoms with Crippen LogP contribution in [0.3, 0.4) is 0 Å². The van der Waals surface area contributed by atoms with Gasteiger partial charge in [-0.3, -0.25) is 4.79 Å². The molecule has 0 radical (unpaired) electrons. The van der Waals surface area contributed by atoms with Crippen LogP contribution in [0, 0.1) is 6.92 Å². The highest BCUT2D eigenvalue weighted by Crippen LogP contribution is 2.43. The van der Waals surface area contributed by atoms with Crippen molar-refractivity contribution in [1.29, 1.82) is 0 Å². The first kappa shape index (κ1) is 17.2. The fourth-order valence-electron chi connectivity index (χ4n) is 3.93. The number of carbonyl (C=O) groups is 1. The largest absolute Gasteiger partial charge is 0.497 e. The summed E-state index contributed by atoms with van der Waals surface area (Å²) in [6.07, 6.45) is 2.34. The van der Waals surface area contributed by atoms with E-state index in [0.29, 0.717) is 18.2 Å². The summed E-state index contributed by atoms with van der Waals surface area (Å²) in [5.41, 5.74) is 3.93. The molecule has 0 spiro atoms. The van der Waals surface area contributed by atoms with E-state index < -0.39 is 0 Å². The Hall–Kier alpha value is -2.93. The number of hydrogen-bond donors (Lipinski definition) is 1. The average molecular weight is 392 g/mol. The van der Waals surface area contributed by atoms with E-state index in [2.05, 4.69) is 23.7 Å². The van der Waals surface area contributed by atoms with Crippen LogP contribution in [0.5, 0.6) is 5.75 Å². The lowest BCUT2D eigenvalue weighted by Gasteiger charge is -2.31. The van der Waals surface area contributed by atoms with Gasteiger partial charge in [-0.1, -0.05) is 0 Å². The third kappa shape index (κ3) is 2.65. The Bertz CT molecular complexity index is 1090. The molecule has 0 amide bonds. The molecular formula is C21H20N4O2S. The van der Waals surface area contributed by atoms with Crippen molar-refractivity contribution in [2.45, 2.75) is 32.2 Å². The standard InChI is InChI=1S/C21H20N4O2S/c1-12-10-11-28-19(12)18-17-15(4-3-5-16(17)26)22-21-23-20(24-25(18)21)13-6-8-14(27-2)9-7-13/h6-11,18H,3-5H2,1-2H3,(H,22,23,24). The number of aromatic nitrogens is 3. The molecule has 28 heavy (non-hydrogen) atoms. The van der Waals surface area contributed by atoms with Gasteiger partial charge in [-0.15, -0.1) is 16.4 Å². The molecule has 1 unspecified atom stereocenters. The van der Waals surface area contributed by atoms with Gasteiger partial charge in [-0.05, 0) is 61.0 Å². The van der Waals surface area contributed by atoms with Crippen molar-refractivity contribution >= 4 is 23.1 Å². The maximum absolute atomic E-state index is 12.8. The summed E-state index contributed by atoms with van der Waals surface area (Å²) in [6.45, 7) is 2.09. The summed E-state index contributed by atoms with van der Waals surface area (Å²) in [5.74, 6) is 2.33. The van der Waals surface area contributed by atoms with E-state index in [1.165, 1.54) is 5.56 Å². The molecule has 142 valence electrons. The van der Waals surface area contributed by atoms with Crippen molar-refractivity contribution in [1.82, 2.24) is 14.8 Å². The van der Waals surface area contributed by atoms with Crippen LogP contribution in [0.25, 0.3) is 11.4 Å². The molecule has 0 bridgehead atoms. The Labute approximate surface area is 166 Å². The van der Waals surface area contributed by atoms with Gasteiger partial charge in [0.1, 0.15) is 11.8 Å². The highest BCUT2D eigenvalue weighted by atomic mass is 32.1. The number of nitrogens with zero attached hydrogens (tertiary/aromatic N) is 3. The molecule has 3 aromatic rings. The monoisotopic (exact) mass is 392 g/mol. The second-order valence-electron chi connectivity index (χ2n) is 7.10. The highest BCUT2D eigenvalue weighted by molar-refractivity contribution is 7.10. The summed E-state index contributed by atoms with van der Waals surface area (Å²) < 4.78 is 7.12. The number of fused-ring (bicyclic) bond motifs is 1. The van der Waals surface area contributed by atoms with Crippen molar-refractivity contribution in [2.24, 2.45) is 0 Å². The van der Waals surface area contributed by atoms with Crippen LogP contribution >= 0.6 is 11.3 Å². The first-order valence-electron chi connectivity index (χ1n) is 9.34. The number of aryl methyl sites for hydroxylation is 1. The van der Waals surface area contributed by atoms with Gasteiger partial charge in [0.2, 0.25) is 5.95 Å². The first-order chi connectivity index (χ1) is 13.7. The quantitative estimate of drug-likeness (QED) is 0.718. The predicted octanol–water partition coefficient (Wildman–Crippen LogP) is 4.35. The minimum atomic E-state index is -0.210. The van der Waals surface area contributed by atoms with E-state index in [9.17, 15) is 4.79 Å². The maximum atomic E-state index is 12.8. The Kier molecular flexibility index (Phi) is 4.05. The van der Waals surface area contributed by atoms with Gasteiger partial charge in [-0.2, -0.15) is 4.98 Å². The predicted molar refractivity (Wildman–Crippen MR) is 109 cm³/mol. The Balaban J connectivity index is 1.65. The third-order valence-electron chi connectivity index (χ3n) is 5.37. The number of benzene rings is 1. The van der Waals surface area contributed by atoms with Crippen LogP contribution in [0.2, 0.25) is 0 Å². The molecule has 2 aromatic heterocycles. The van der Waals surface area contributed by atoms with Gasteiger partial charge < -0.3 is 10.1 Å². The molecule has 1 N–H and O–H groups in total. The zero-order chi connectivity index (χ0) is 19.3. The third-order valence-corrected chi connectivity index (χ3v) is 6.44. The Morgan fingerprint density at radius 2 is 2.04 bits per heavy atom. The van der Waals surface area contributed by atoms with Gasteiger partial charge in [0.15, 0.2) is 11.6 Å². The summed E-state index contributed by atoms with van der Waals surface area (Å²) in [4.78, 5) is 18.7. The molecule has 1 aliphatic carbocycles. The minimum Gasteiger partial charge on any atom is -0.497 e. The van der Waals surface area contributed by atoms with E-state index in [0.717, 1.165) is 40.3 Å². The summed E-state index contributed by atoms with van der Waals surface area (Å²) in [6, 6.07) is 9.58. The summed E-state index contributed by atoms with van der Waals surface area (Å²) in [7, 11) is 1.65. The maximum Gasteiger partial charge on any atom is 0.226 e. The van der Waals surface area contributed by atoms with Gasteiger partial charge in [0, 0.05) is 28.1 Å². The summed E-state index contributed by atoms with van der Waals surface area (Å²) >= 11 is 1.67. The number of allylic oxidation sites excluding steroid dienone is 2. The van der Waals surface area contributed by atoms with Crippen molar-refractivity contribution in [2.75, 3.05) is 12.4 Å². The number of hydrogen-bond acceptors (Lipinski definition) is 6. The number of ether oxygens (including phenoxy) is 1. The number of thiophene rings is 1. The van der Waals surface area contributed by atoms with Crippen LogP contribution in [0.1, 0.15) is 35.7 Å². The number of nitrogens with one attached hydrogen (secondary N) is 1. The minimum absolute atomic E-state index is 0.207. The Morgan fingerprint density at radius 1 is 1.21 bits per heavy atom. The van der Waals surface area contributed by atoms with Crippen molar-refractivity contribution in [3.8, 4) is 17.1 Å². The lowest BCUT2D eigenvalue weighted by atomic mass is 9.87. The van der Waals surface area contributed by atoms with Gasteiger partial charge >= 0.3 is 0 Å². The zero-order valence-electron chi connectivity index (χ0n) is 15.7. The van der Waals surface area contributed by atoms with Crippen LogP contribution in [0.15, 0.2) is 47.0 Å². The number of ketones is 1. The molecule has 1 aliphatic heterocycles. The fraction of sp³-hybridized carbons (Fsp3) is 0.286. The molecule has 0 fully saturated rings. The molecule has 1 aromatic carbocycles. The number of anilines is 1. The molecule has 2 aliphatic rings. The van der Waals surface area contributed by atoms with Crippen LogP contribution in [-0.4, -0.2) is 27.7 Å². The van der Waals surface area contributed by atoms with Gasteiger partial charge in [0.25, 0.3) is 0 Å². The van der Waals surface area contributed by atoms with E-state index in [1.807, 2.05) is 28.9 Å². The second kappa shape index (κ2) is 6.60. The molecule has 5 rings (SSSR count). The second-order valence-corrected chi connectivity index (χ2v) is 8.04. The van der Waals surface area contributed by atoms with Gasteiger partial charge in [0.05, 0.1) is 7.11 Å². The lowest BCUT2D eigenvalue weighted by Crippen LogP contribution is -2.31. The number of carbonyl (C=O) groups excluding carboxylic acids is 1. The first-order valence-corrected chi connectivity index (χ1v) is 10.2. The van der Waals surface area contributed by atoms with Crippen LogP contribution in [-0.2, 0) is 4.79 Å². The fourth-order valence-corrected chi connectivity index (χ4v) is 4.94. The van der Waals surface area contributed by atoms with Crippen LogP contribution in [0.4, 0.5) is 5.95 Å². The molecule has 1 atom stereocenters. The molecule has 0 saturated carbocycles. The average Bonchev–Trinajstić information content (AvgIpc) is 3.32. The molecule has 3 heterocycles. The van der Waals surface area contributed by atoms with Crippen molar-refractivity contribution in [3.05, 3.63) is 57.4 Å². The number of Topliss-reactive ketones (excluding diaryl/α,β-unsaturated/α-hetero) is 1. The highest BCUT2D eigenvalue weighted by Gasteiger charge is 2.38. The molecule has 0 saturated heterocycles. The normalized spacial score (nSPS) is 18.5. The lowest BCUT2D eigenvalue weighted by molar-refractivity contribution is -0.116. The van der Waals surface area contributed by atoms with Crippen molar-refractivity contribution in [3.63, 3.8) is 0 Å². The molecular weight excluding hydrogens is 372 g/mol. The zero-order valence-corrected chi connectivity index (χ0v) is 16.5. The number of methoxy groups -OCH3 is 1. The molecule has 6 nitrogen and oxygen atoms in total. The van der Waals surface area contributed by atoms with E-state index in [4.69, 9.17) is 14.8 Å². The topological polar surface area (TPSA) is 69.0 Å². The SMILES string of the molecule is COc1ccc(-c2nc3n(n2)C(c2sccc2C)C2=C(CCCC2=O)N3)cc1. The Morgan fingerprint density at radius 3 is 2.75 bits per heavy atom.